The lowest BCUT2D eigenvalue weighted by Crippen LogP contribution is -2.27. The summed E-state index contributed by atoms with van der Waals surface area (Å²) in [5.41, 5.74) is 1.28. The highest BCUT2D eigenvalue weighted by atomic mass is 79.9. The van der Waals surface area contributed by atoms with Gasteiger partial charge in [-0.05, 0) is 73.0 Å². The number of methoxy groups -OCH3 is 1. The van der Waals surface area contributed by atoms with Crippen molar-refractivity contribution in [1.82, 2.24) is 4.90 Å². The second kappa shape index (κ2) is 8.26. The number of benzene rings is 2. The van der Waals surface area contributed by atoms with Gasteiger partial charge in [0.15, 0.2) is 11.5 Å². The summed E-state index contributed by atoms with van der Waals surface area (Å²) < 4.78 is 6.07. The minimum atomic E-state index is -0.403. The number of hydrogen-bond acceptors (Lipinski definition) is 5. The molecule has 27 heavy (non-hydrogen) atoms. The van der Waals surface area contributed by atoms with E-state index >= 15 is 0 Å². The number of thioether (sulfide) groups is 1. The first-order chi connectivity index (χ1) is 12.8. The number of ether oxygens (including phenoxy) is 1. The molecule has 0 unspecified atom stereocenters. The lowest BCUT2D eigenvalue weighted by atomic mass is 10.1. The highest BCUT2D eigenvalue weighted by molar-refractivity contribution is 9.13. The molecule has 1 saturated heterocycles. The van der Waals surface area contributed by atoms with E-state index in [1.165, 1.54) is 7.11 Å². The van der Waals surface area contributed by atoms with Crippen molar-refractivity contribution in [1.29, 1.82) is 0 Å². The molecule has 1 aliphatic heterocycles. The Bertz CT molecular complexity index is 980. The van der Waals surface area contributed by atoms with Crippen LogP contribution in [-0.4, -0.2) is 28.3 Å². The van der Waals surface area contributed by atoms with Gasteiger partial charge in [-0.15, -0.1) is 0 Å². The van der Waals surface area contributed by atoms with Crippen LogP contribution in [0.3, 0.4) is 0 Å². The lowest BCUT2D eigenvalue weighted by Gasteiger charge is -2.13. The SMILES string of the molecule is COc1cc(/C=C2\SC(=O)N(Cc3ccccc3Cl)C2=O)c(Br)c(Br)c1O. The van der Waals surface area contributed by atoms with Gasteiger partial charge in [0, 0.05) is 9.50 Å². The van der Waals surface area contributed by atoms with E-state index in [4.69, 9.17) is 16.3 Å². The maximum absolute atomic E-state index is 12.7. The fraction of sp³-hybridized carbons (Fsp3) is 0.111. The summed E-state index contributed by atoms with van der Waals surface area (Å²) in [5, 5.41) is 10.1. The molecule has 1 heterocycles. The van der Waals surface area contributed by atoms with Crippen LogP contribution in [0.5, 0.6) is 11.5 Å². The topological polar surface area (TPSA) is 66.8 Å². The Labute approximate surface area is 181 Å². The number of hydrogen-bond donors (Lipinski definition) is 1. The van der Waals surface area contributed by atoms with Gasteiger partial charge in [0.1, 0.15) is 0 Å². The van der Waals surface area contributed by atoms with Gasteiger partial charge in [-0.1, -0.05) is 29.8 Å². The Morgan fingerprint density at radius 1 is 1.26 bits per heavy atom. The Morgan fingerprint density at radius 3 is 2.63 bits per heavy atom. The van der Waals surface area contributed by atoms with Crippen LogP contribution < -0.4 is 4.74 Å². The number of amides is 2. The second-order valence-corrected chi connectivity index (χ2v) is 8.49. The maximum atomic E-state index is 12.7. The van der Waals surface area contributed by atoms with E-state index in [1.54, 1.807) is 36.4 Å². The van der Waals surface area contributed by atoms with E-state index in [0.29, 0.717) is 25.1 Å². The van der Waals surface area contributed by atoms with Gasteiger partial charge in [-0.2, -0.15) is 0 Å². The molecule has 0 spiro atoms. The predicted octanol–water partition coefficient (Wildman–Crippen LogP) is 5.82. The van der Waals surface area contributed by atoms with Gasteiger partial charge in [-0.3, -0.25) is 14.5 Å². The van der Waals surface area contributed by atoms with Crippen LogP contribution in [0, 0.1) is 0 Å². The highest BCUT2D eigenvalue weighted by Gasteiger charge is 2.35. The summed E-state index contributed by atoms with van der Waals surface area (Å²) in [6.07, 6.45) is 1.58. The molecule has 3 rings (SSSR count). The van der Waals surface area contributed by atoms with E-state index in [9.17, 15) is 14.7 Å². The molecule has 2 aromatic rings. The number of rotatable bonds is 4. The first-order valence-electron chi connectivity index (χ1n) is 7.57. The zero-order valence-corrected chi connectivity index (χ0v) is 18.6. The summed E-state index contributed by atoms with van der Waals surface area (Å²) in [5.74, 6) is -0.222. The molecule has 2 aromatic carbocycles. The molecule has 0 atom stereocenters. The molecule has 1 aliphatic rings. The van der Waals surface area contributed by atoms with Crippen LogP contribution in [0.15, 0.2) is 44.2 Å². The normalized spacial score (nSPS) is 15.7. The van der Waals surface area contributed by atoms with E-state index in [-0.39, 0.29) is 28.2 Å². The van der Waals surface area contributed by atoms with Crippen molar-refractivity contribution in [3.05, 3.63) is 60.3 Å². The third-order valence-corrected chi connectivity index (χ3v) is 7.28. The number of nitrogens with zero attached hydrogens (tertiary/aromatic N) is 1. The Balaban J connectivity index is 1.93. The number of halogens is 3. The molecule has 0 bridgehead atoms. The summed E-state index contributed by atoms with van der Waals surface area (Å²) in [6, 6.07) is 8.64. The van der Waals surface area contributed by atoms with Gasteiger partial charge in [0.2, 0.25) is 0 Å². The quantitative estimate of drug-likeness (QED) is 0.502. The number of carbonyl (C=O) groups is 2. The van der Waals surface area contributed by atoms with Crippen molar-refractivity contribution in [3.8, 4) is 11.5 Å². The molecule has 0 aromatic heterocycles. The number of imide groups is 1. The van der Waals surface area contributed by atoms with E-state index in [2.05, 4.69) is 31.9 Å². The summed E-state index contributed by atoms with van der Waals surface area (Å²) >= 11 is 13.6. The largest absolute Gasteiger partial charge is 0.503 e. The molecule has 0 aliphatic carbocycles. The van der Waals surface area contributed by atoms with E-state index in [1.807, 2.05) is 0 Å². The van der Waals surface area contributed by atoms with Crippen LogP contribution in [0.4, 0.5) is 4.79 Å². The van der Waals surface area contributed by atoms with Crippen LogP contribution in [-0.2, 0) is 11.3 Å². The molecule has 2 amide bonds. The number of carbonyl (C=O) groups excluding carboxylic acids is 2. The molecule has 140 valence electrons. The van der Waals surface area contributed by atoms with Crippen molar-refractivity contribution >= 4 is 72.4 Å². The third kappa shape index (κ3) is 4.03. The van der Waals surface area contributed by atoms with Crippen LogP contribution >= 0.6 is 55.2 Å². The smallest absolute Gasteiger partial charge is 0.293 e. The average molecular weight is 534 g/mol. The molecule has 9 heteroatoms. The maximum Gasteiger partial charge on any atom is 0.293 e. The molecule has 5 nitrogen and oxygen atoms in total. The van der Waals surface area contributed by atoms with Crippen molar-refractivity contribution in [2.24, 2.45) is 0 Å². The predicted molar refractivity (Wildman–Crippen MR) is 113 cm³/mol. The van der Waals surface area contributed by atoms with E-state index < -0.39 is 5.91 Å². The van der Waals surface area contributed by atoms with Crippen LogP contribution in [0.25, 0.3) is 6.08 Å². The fourth-order valence-electron chi connectivity index (χ4n) is 2.45. The summed E-state index contributed by atoms with van der Waals surface area (Å²) in [4.78, 5) is 26.5. The van der Waals surface area contributed by atoms with Gasteiger partial charge in [-0.25, -0.2) is 0 Å². The van der Waals surface area contributed by atoms with Gasteiger partial charge in [0.25, 0.3) is 11.1 Å². The van der Waals surface area contributed by atoms with Gasteiger partial charge >= 0.3 is 0 Å². The van der Waals surface area contributed by atoms with Crippen molar-refractivity contribution in [2.45, 2.75) is 6.54 Å². The molecular weight excluding hydrogens is 522 g/mol. The zero-order valence-electron chi connectivity index (χ0n) is 13.8. The number of phenolic OH excluding ortho intramolecular Hbond substituents is 1. The minimum Gasteiger partial charge on any atom is -0.503 e. The lowest BCUT2D eigenvalue weighted by molar-refractivity contribution is -0.123. The van der Waals surface area contributed by atoms with Crippen molar-refractivity contribution in [2.75, 3.05) is 7.11 Å². The Morgan fingerprint density at radius 2 is 1.96 bits per heavy atom. The first kappa shape index (κ1) is 20.3. The molecule has 0 radical (unpaired) electrons. The molecule has 1 fully saturated rings. The number of phenols is 1. The van der Waals surface area contributed by atoms with Crippen LogP contribution in [0.2, 0.25) is 5.02 Å². The van der Waals surface area contributed by atoms with Crippen molar-refractivity contribution < 1.29 is 19.4 Å². The fourth-order valence-corrected chi connectivity index (χ4v) is 4.31. The summed E-state index contributed by atoms with van der Waals surface area (Å²) in [6.45, 7) is 0.103. The second-order valence-electron chi connectivity index (χ2n) is 5.50. The summed E-state index contributed by atoms with van der Waals surface area (Å²) in [7, 11) is 1.43. The minimum absolute atomic E-state index is 0.0617. The number of aromatic hydroxyl groups is 1. The highest BCUT2D eigenvalue weighted by Crippen LogP contribution is 2.43. The zero-order chi connectivity index (χ0) is 19.7. The van der Waals surface area contributed by atoms with Crippen LogP contribution in [0.1, 0.15) is 11.1 Å². The van der Waals surface area contributed by atoms with E-state index in [0.717, 1.165) is 16.7 Å². The average Bonchev–Trinajstić information content (AvgIpc) is 2.91. The Kier molecular flexibility index (Phi) is 6.20. The third-order valence-electron chi connectivity index (χ3n) is 3.84. The Hall–Kier alpha value is -1.48. The molecular formula is C18H12Br2ClNO4S. The first-order valence-corrected chi connectivity index (χ1v) is 10.3. The van der Waals surface area contributed by atoms with Gasteiger partial charge < -0.3 is 9.84 Å². The standard InChI is InChI=1S/C18H12Br2ClNO4S/c1-26-12-6-10(14(19)15(20)16(12)23)7-13-17(24)22(18(25)27-13)8-9-4-2-3-5-11(9)21/h2-7,23H,8H2,1H3/b13-7-. The van der Waals surface area contributed by atoms with Gasteiger partial charge in [0.05, 0.1) is 23.0 Å². The van der Waals surface area contributed by atoms with Crippen molar-refractivity contribution in [3.63, 3.8) is 0 Å². The molecule has 1 N–H and O–H groups in total. The molecule has 0 saturated carbocycles. The monoisotopic (exact) mass is 531 g/mol.